The van der Waals surface area contributed by atoms with Crippen molar-refractivity contribution in [2.75, 3.05) is 5.32 Å². The van der Waals surface area contributed by atoms with Crippen molar-refractivity contribution in [1.29, 1.82) is 0 Å². The lowest BCUT2D eigenvalue weighted by molar-refractivity contribution is -0.137. The lowest BCUT2D eigenvalue weighted by Crippen LogP contribution is -2.31. The lowest BCUT2D eigenvalue weighted by atomic mass is 10.2. The number of nitrogens with one attached hydrogen (secondary N) is 1. The standard InChI is InChI=1S/C18H13ClF3N3O2/c1-2-25-14-6-4-3-5-13(14)24-15(17(25)27)16(26)23-10-7-8-12(19)11(9-10)18(20,21)22/h3-9H,2H2,1H3,(H,23,26). The van der Waals surface area contributed by atoms with Crippen LogP contribution in [0.5, 0.6) is 0 Å². The van der Waals surface area contributed by atoms with E-state index >= 15 is 0 Å². The first-order valence-corrected chi connectivity index (χ1v) is 8.28. The van der Waals surface area contributed by atoms with Crippen molar-refractivity contribution in [2.24, 2.45) is 0 Å². The summed E-state index contributed by atoms with van der Waals surface area (Å²) >= 11 is 5.57. The summed E-state index contributed by atoms with van der Waals surface area (Å²) in [6, 6.07) is 9.73. The Morgan fingerprint density at radius 3 is 2.59 bits per heavy atom. The number of carbonyl (C=O) groups is 1. The van der Waals surface area contributed by atoms with Crippen LogP contribution in [-0.4, -0.2) is 15.5 Å². The van der Waals surface area contributed by atoms with Crippen LogP contribution in [0.4, 0.5) is 18.9 Å². The van der Waals surface area contributed by atoms with Gasteiger partial charge in [0, 0.05) is 12.2 Å². The van der Waals surface area contributed by atoms with E-state index in [1.165, 1.54) is 10.6 Å². The lowest BCUT2D eigenvalue weighted by Gasteiger charge is -2.13. The van der Waals surface area contributed by atoms with Crippen molar-refractivity contribution >= 4 is 34.2 Å². The molecule has 0 aliphatic heterocycles. The van der Waals surface area contributed by atoms with Gasteiger partial charge in [-0.15, -0.1) is 0 Å². The van der Waals surface area contributed by atoms with Gasteiger partial charge in [-0.25, -0.2) is 4.98 Å². The number of nitrogens with zero attached hydrogens (tertiary/aromatic N) is 2. The van der Waals surface area contributed by atoms with E-state index in [4.69, 9.17) is 11.6 Å². The maximum Gasteiger partial charge on any atom is 0.417 e. The molecule has 3 rings (SSSR count). The van der Waals surface area contributed by atoms with E-state index in [1.54, 1.807) is 31.2 Å². The normalized spacial score (nSPS) is 11.6. The monoisotopic (exact) mass is 395 g/mol. The van der Waals surface area contributed by atoms with Crippen molar-refractivity contribution in [3.63, 3.8) is 0 Å². The summed E-state index contributed by atoms with van der Waals surface area (Å²) in [5.41, 5.74) is -1.27. The number of hydrogen-bond acceptors (Lipinski definition) is 3. The highest BCUT2D eigenvalue weighted by molar-refractivity contribution is 6.31. The van der Waals surface area contributed by atoms with Crippen molar-refractivity contribution in [3.8, 4) is 0 Å². The first-order chi connectivity index (χ1) is 12.7. The van der Waals surface area contributed by atoms with Crippen molar-refractivity contribution in [3.05, 3.63) is 69.1 Å². The molecule has 9 heteroatoms. The van der Waals surface area contributed by atoms with Crippen molar-refractivity contribution in [1.82, 2.24) is 9.55 Å². The highest BCUT2D eigenvalue weighted by Crippen LogP contribution is 2.36. The molecule has 1 aromatic heterocycles. The summed E-state index contributed by atoms with van der Waals surface area (Å²) in [5.74, 6) is -0.900. The van der Waals surface area contributed by atoms with Crippen LogP contribution >= 0.6 is 11.6 Å². The summed E-state index contributed by atoms with van der Waals surface area (Å²) in [6.07, 6.45) is -4.67. The molecule has 0 saturated carbocycles. The third-order valence-electron chi connectivity index (χ3n) is 3.91. The molecule has 0 aliphatic carbocycles. The Labute approximate surface area is 156 Å². The van der Waals surface area contributed by atoms with Gasteiger partial charge in [-0.1, -0.05) is 23.7 Å². The highest BCUT2D eigenvalue weighted by atomic mass is 35.5. The van der Waals surface area contributed by atoms with Crippen LogP contribution in [0.25, 0.3) is 11.0 Å². The molecular weight excluding hydrogens is 383 g/mol. The van der Waals surface area contributed by atoms with E-state index < -0.39 is 33.9 Å². The second kappa shape index (κ2) is 7.03. The fourth-order valence-electron chi connectivity index (χ4n) is 2.66. The molecule has 1 heterocycles. The van der Waals surface area contributed by atoms with Gasteiger partial charge in [0.05, 0.1) is 21.6 Å². The summed E-state index contributed by atoms with van der Waals surface area (Å²) in [7, 11) is 0. The minimum absolute atomic E-state index is 0.144. The molecule has 5 nitrogen and oxygen atoms in total. The predicted octanol–water partition coefficient (Wildman–Crippen LogP) is 4.34. The Morgan fingerprint density at radius 1 is 1.22 bits per heavy atom. The molecule has 2 aromatic carbocycles. The Kier molecular flexibility index (Phi) is 4.93. The number of aryl methyl sites for hydroxylation is 1. The van der Waals surface area contributed by atoms with Gasteiger partial charge in [-0.3, -0.25) is 9.59 Å². The zero-order valence-electron chi connectivity index (χ0n) is 14.0. The Balaban J connectivity index is 2.03. The molecule has 0 fully saturated rings. The van der Waals surface area contributed by atoms with E-state index in [0.29, 0.717) is 23.6 Å². The fraction of sp³-hybridized carbons (Fsp3) is 0.167. The number of para-hydroxylation sites is 2. The molecule has 0 aliphatic rings. The number of rotatable bonds is 3. The van der Waals surface area contributed by atoms with Crippen LogP contribution in [-0.2, 0) is 12.7 Å². The molecular formula is C18H13ClF3N3O2. The number of benzene rings is 2. The minimum Gasteiger partial charge on any atom is -0.320 e. The van der Waals surface area contributed by atoms with E-state index in [9.17, 15) is 22.8 Å². The highest BCUT2D eigenvalue weighted by Gasteiger charge is 2.33. The summed E-state index contributed by atoms with van der Waals surface area (Å²) < 4.78 is 40.3. The number of fused-ring (bicyclic) bond motifs is 1. The molecule has 0 atom stereocenters. The van der Waals surface area contributed by atoms with Gasteiger partial charge in [-0.2, -0.15) is 13.2 Å². The Hall–Kier alpha value is -2.87. The Morgan fingerprint density at radius 2 is 1.93 bits per heavy atom. The number of halogens is 4. The van der Waals surface area contributed by atoms with Gasteiger partial charge in [0.2, 0.25) is 0 Å². The summed E-state index contributed by atoms with van der Waals surface area (Å²) in [6.45, 7) is 2.05. The van der Waals surface area contributed by atoms with Gasteiger partial charge < -0.3 is 9.88 Å². The van der Waals surface area contributed by atoms with E-state index in [0.717, 1.165) is 6.07 Å². The molecule has 0 unspecified atom stereocenters. The van der Waals surface area contributed by atoms with Crippen LogP contribution in [0.1, 0.15) is 23.0 Å². The average Bonchev–Trinajstić information content (AvgIpc) is 2.61. The van der Waals surface area contributed by atoms with Gasteiger partial charge >= 0.3 is 6.18 Å². The van der Waals surface area contributed by atoms with Gasteiger partial charge in [0.25, 0.3) is 11.5 Å². The average molecular weight is 396 g/mol. The molecule has 0 spiro atoms. The molecule has 1 amide bonds. The van der Waals surface area contributed by atoms with Gasteiger partial charge in [0.15, 0.2) is 5.69 Å². The molecule has 3 aromatic rings. The van der Waals surface area contributed by atoms with Crippen LogP contribution in [0.3, 0.4) is 0 Å². The molecule has 140 valence electrons. The number of carbonyl (C=O) groups excluding carboxylic acids is 1. The fourth-order valence-corrected chi connectivity index (χ4v) is 2.89. The minimum atomic E-state index is -4.67. The zero-order chi connectivity index (χ0) is 19.8. The molecule has 0 radical (unpaired) electrons. The molecule has 1 N–H and O–H groups in total. The number of amides is 1. The second-order valence-electron chi connectivity index (χ2n) is 5.65. The van der Waals surface area contributed by atoms with E-state index in [1.807, 2.05) is 0 Å². The molecule has 0 bridgehead atoms. The smallest absolute Gasteiger partial charge is 0.320 e. The van der Waals surface area contributed by atoms with Gasteiger partial charge in [-0.05, 0) is 37.3 Å². The number of aromatic nitrogens is 2. The van der Waals surface area contributed by atoms with Crippen LogP contribution in [0, 0.1) is 0 Å². The molecule has 27 heavy (non-hydrogen) atoms. The second-order valence-corrected chi connectivity index (χ2v) is 6.05. The predicted molar refractivity (Wildman–Crippen MR) is 96.1 cm³/mol. The maximum atomic E-state index is 13.0. The van der Waals surface area contributed by atoms with Crippen molar-refractivity contribution < 1.29 is 18.0 Å². The number of alkyl halides is 3. The summed E-state index contributed by atoms with van der Waals surface area (Å²) in [4.78, 5) is 29.1. The van der Waals surface area contributed by atoms with Gasteiger partial charge in [0.1, 0.15) is 0 Å². The summed E-state index contributed by atoms with van der Waals surface area (Å²) in [5, 5.41) is 1.79. The third-order valence-corrected chi connectivity index (χ3v) is 4.24. The zero-order valence-corrected chi connectivity index (χ0v) is 14.7. The first-order valence-electron chi connectivity index (χ1n) is 7.90. The number of anilines is 1. The number of hydrogen-bond donors (Lipinski definition) is 1. The quantitative estimate of drug-likeness (QED) is 0.717. The Bertz CT molecular complexity index is 1090. The third kappa shape index (κ3) is 3.66. The van der Waals surface area contributed by atoms with E-state index in [2.05, 4.69) is 10.3 Å². The van der Waals surface area contributed by atoms with E-state index in [-0.39, 0.29) is 5.69 Å². The maximum absolute atomic E-state index is 13.0. The van der Waals surface area contributed by atoms with Crippen LogP contribution in [0.15, 0.2) is 47.3 Å². The largest absolute Gasteiger partial charge is 0.417 e. The first kappa shape index (κ1) is 18.9. The SMILES string of the molecule is CCn1c(=O)c(C(=O)Nc2ccc(Cl)c(C(F)(F)F)c2)nc2ccccc21. The molecule has 0 saturated heterocycles. The van der Waals surface area contributed by atoms with Crippen LogP contribution < -0.4 is 10.9 Å². The van der Waals surface area contributed by atoms with Crippen molar-refractivity contribution in [2.45, 2.75) is 19.6 Å². The topological polar surface area (TPSA) is 64.0 Å². The van der Waals surface area contributed by atoms with Crippen LogP contribution in [0.2, 0.25) is 5.02 Å².